The lowest BCUT2D eigenvalue weighted by Gasteiger charge is -2.15. The van der Waals surface area contributed by atoms with Gasteiger partial charge in [0.15, 0.2) is 0 Å². The van der Waals surface area contributed by atoms with E-state index in [4.69, 9.17) is 4.42 Å². The predicted octanol–water partition coefficient (Wildman–Crippen LogP) is 2.76. The van der Waals surface area contributed by atoms with E-state index in [1.807, 2.05) is 19.1 Å². The van der Waals surface area contributed by atoms with E-state index in [2.05, 4.69) is 15.2 Å². The zero-order chi connectivity index (χ0) is 19.0. The average Bonchev–Trinajstić information content (AvgIpc) is 3.32. The first kappa shape index (κ1) is 17.7. The van der Waals surface area contributed by atoms with Crippen molar-refractivity contribution in [1.29, 1.82) is 0 Å². The van der Waals surface area contributed by atoms with Crippen molar-refractivity contribution in [2.24, 2.45) is 0 Å². The van der Waals surface area contributed by atoms with Crippen molar-refractivity contribution in [1.82, 2.24) is 19.5 Å². The number of pyridine rings is 1. The molecule has 140 valence electrons. The molecule has 4 rings (SSSR count). The second-order valence-corrected chi connectivity index (χ2v) is 8.37. The molecule has 1 saturated heterocycles. The van der Waals surface area contributed by atoms with Crippen molar-refractivity contribution >= 4 is 10.0 Å². The van der Waals surface area contributed by atoms with Gasteiger partial charge in [-0.15, -0.1) is 10.2 Å². The Morgan fingerprint density at radius 1 is 1.15 bits per heavy atom. The quantitative estimate of drug-likeness (QED) is 0.683. The number of hydrogen-bond donors (Lipinski definition) is 0. The summed E-state index contributed by atoms with van der Waals surface area (Å²) in [6, 6.07) is 8.52. The van der Waals surface area contributed by atoms with Crippen molar-refractivity contribution in [2.75, 3.05) is 13.1 Å². The third-order valence-corrected chi connectivity index (χ3v) is 6.43. The molecule has 9 heteroatoms. The van der Waals surface area contributed by atoms with E-state index in [9.17, 15) is 12.8 Å². The maximum atomic E-state index is 13.1. The third-order valence-electron chi connectivity index (χ3n) is 4.55. The summed E-state index contributed by atoms with van der Waals surface area (Å²) >= 11 is 0. The van der Waals surface area contributed by atoms with Gasteiger partial charge in [0.1, 0.15) is 5.82 Å². The minimum absolute atomic E-state index is 0.0708. The Morgan fingerprint density at radius 2 is 1.93 bits per heavy atom. The summed E-state index contributed by atoms with van der Waals surface area (Å²) in [5, 5.41) is 8.13. The largest absolute Gasteiger partial charge is 0.420 e. The second-order valence-electron chi connectivity index (χ2n) is 6.44. The van der Waals surface area contributed by atoms with Crippen LogP contribution in [0.1, 0.15) is 23.9 Å². The summed E-state index contributed by atoms with van der Waals surface area (Å²) in [5.41, 5.74) is 1.60. The molecule has 3 heterocycles. The highest BCUT2D eigenvalue weighted by Crippen LogP contribution is 2.31. The van der Waals surface area contributed by atoms with Crippen LogP contribution in [0.4, 0.5) is 4.39 Å². The smallest absolute Gasteiger partial charge is 0.249 e. The monoisotopic (exact) mass is 388 g/mol. The molecular formula is C18H17FN4O3S. The molecule has 0 spiro atoms. The number of hydrogen-bond acceptors (Lipinski definition) is 6. The number of halogens is 1. The van der Waals surface area contributed by atoms with Gasteiger partial charge in [0, 0.05) is 25.0 Å². The van der Waals surface area contributed by atoms with E-state index < -0.39 is 15.8 Å². The molecule has 0 N–H and O–H groups in total. The van der Waals surface area contributed by atoms with Crippen molar-refractivity contribution in [3.05, 3.63) is 60.0 Å². The Kier molecular flexibility index (Phi) is 4.48. The molecule has 0 saturated carbocycles. The van der Waals surface area contributed by atoms with Crippen molar-refractivity contribution in [3.8, 4) is 11.5 Å². The zero-order valence-corrected chi connectivity index (χ0v) is 15.4. The number of aryl methyl sites for hydroxylation is 1. The molecule has 2 aromatic heterocycles. The molecule has 1 atom stereocenters. The van der Waals surface area contributed by atoms with Gasteiger partial charge in [-0.05, 0) is 49.7 Å². The van der Waals surface area contributed by atoms with Gasteiger partial charge in [-0.1, -0.05) is 0 Å². The zero-order valence-electron chi connectivity index (χ0n) is 14.5. The Hall–Kier alpha value is -2.65. The summed E-state index contributed by atoms with van der Waals surface area (Å²) in [6.45, 7) is 2.47. The predicted molar refractivity (Wildman–Crippen MR) is 94.8 cm³/mol. The second kappa shape index (κ2) is 6.82. The van der Waals surface area contributed by atoms with E-state index in [-0.39, 0.29) is 17.4 Å². The SMILES string of the molecule is Cc1ccc(-c2nnc([C@H]3CCN(S(=O)(=O)c4ccc(F)cc4)C3)o2)cn1. The fourth-order valence-corrected chi connectivity index (χ4v) is 4.51. The summed E-state index contributed by atoms with van der Waals surface area (Å²) in [6.07, 6.45) is 2.24. The van der Waals surface area contributed by atoms with Crippen LogP contribution in [0.2, 0.25) is 0 Å². The first-order chi connectivity index (χ1) is 12.9. The third kappa shape index (κ3) is 3.47. The van der Waals surface area contributed by atoms with Crippen LogP contribution in [0.15, 0.2) is 51.9 Å². The van der Waals surface area contributed by atoms with Crippen LogP contribution >= 0.6 is 0 Å². The number of aromatic nitrogens is 3. The Morgan fingerprint density at radius 3 is 2.63 bits per heavy atom. The van der Waals surface area contributed by atoms with E-state index in [0.717, 1.165) is 17.8 Å². The summed E-state index contributed by atoms with van der Waals surface area (Å²) < 4.78 is 45.6. The highest BCUT2D eigenvalue weighted by atomic mass is 32.2. The van der Waals surface area contributed by atoms with Crippen molar-refractivity contribution in [3.63, 3.8) is 0 Å². The Balaban J connectivity index is 1.51. The van der Waals surface area contributed by atoms with Crippen LogP contribution in [0.25, 0.3) is 11.5 Å². The van der Waals surface area contributed by atoms with Crippen LogP contribution in [0.3, 0.4) is 0 Å². The van der Waals surface area contributed by atoms with E-state index in [0.29, 0.717) is 30.3 Å². The topological polar surface area (TPSA) is 89.2 Å². The molecule has 0 bridgehead atoms. The number of benzene rings is 1. The lowest BCUT2D eigenvalue weighted by Crippen LogP contribution is -2.28. The molecule has 1 aliphatic heterocycles. The van der Waals surface area contributed by atoms with E-state index in [1.165, 1.54) is 16.4 Å². The number of nitrogens with zero attached hydrogens (tertiary/aromatic N) is 4. The Labute approximate surface area is 155 Å². The summed E-state index contributed by atoms with van der Waals surface area (Å²) in [7, 11) is -3.68. The van der Waals surface area contributed by atoms with Crippen LogP contribution in [-0.4, -0.2) is 41.0 Å². The van der Waals surface area contributed by atoms with E-state index >= 15 is 0 Å². The number of sulfonamides is 1. The van der Waals surface area contributed by atoms with Crippen LogP contribution < -0.4 is 0 Å². The highest BCUT2D eigenvalue weighted by molar-refractivity contribution is 7.89. The first-order valence-electron chi connectivity index (χ1n) is 8.45. The van der Waals surface area contributed by atoms with Crippen molar-refractivity contribution in [2.45, 2.75) is 24.2 Å². The maximum absolute atomic E-state index is 13.1. The van der Waals surface area contributed by atoms with Crippen LogP contribution in [-0.2, 0) is 10.0 Å². The molecule has 3 aromatic rings. The minimum atomic E-state index is -3.68. The van der Waals surface area contributed by atoms with Gasteiger partial charge < -0.3 is 4.42 Å². The molecule has 0 unspecified atom stereocenters. The summed E-state index contributed by atoms with van der Waals surface area (Å²) in [4.78, 5) is 4.28. The first-order valence-corrected chi connectivity index (χ1v) is 9.89. The van der Waals surface area contributed by atoms with Gasteiger partial charge in [0.2, 0.25) is 21.8 Å². The average molecular weight is 388 g/mol. The summed E-state index contributed by atoms with van der Waals surface area (Å²) in [5.74, 6) is 0.108. The van der Waals surface area contributed by atoms with Gasteiger partial charge in [-0.3, -0.25) is 4.98 Å². The molecule has 1 fully saturated rings. The highest BCUT2D eigenvalue weighted by Gasteiger charge is 2.35. The standard InChI is InChI=1S/C18H17FN4O3S/c1-12-2-3-13(10-20-12)17-21-22-18(26-17)14-8-9-23(11-14)27(24,25)16-6-4-15(19)5-7-16/h2-7,10,14H,8-9,11H2,1H3/t14-/m0/s1. The molecule has 0 amide bonds. The molecule has 7 nitrogen and oxygen atoms in total. The normalized spacial score (nSPS) is 18.1. The van der Waals surface area contributed by atoms with E-state index in [1.54, 1.807) is 6.20 Å². The molecule has 27 heavy (non-hydrogen) atoms. The lowest BCUT2D eigenvalue weighted by atomic mass is 10.1. The van der Waals surface area contributed by atoms with Crippen molar-refractivity contribution < 1.29 is 17.2 Å². The van der Waals surface area contributed by atoms with Gasteiger partial charge in [-0.2, -0.15) is 4.31 Å². The molecule has 0 aliphatic carbocycles. The Bertz CT molecular complexity index is 1050. The molecule has 1 aromatic carbocycles. The molecular weight excluding hydrogens is 371 g/mol. The minimum Gasteiger partial charge on any atom is -0.420 e. The van der Waals surface area contributed by atoms with Gasteiger partial charge in [0.05, 0.1) is 16.4 Å². The number of rotatable bonds is 4. The lowest BCUT2D eigenvalue weighted by molar-refractivity contribution is 0.440. The van der Waals surface area contributed by atoms with Gasteiger partial charge in [-0.25, -0.2) is 12.8 Å². The molecule has 0 radical (unpaired) electrons. The van der Waals surface area contributed by atoms with Gasteiger partial charge >= 0.3 is 0 Å². The maximum Gasteiger partial charge on any atom is 0.249 e. The van der Waals surface area contributed by atoms with Gasteiger partial charge in [0.25, 0.3) is 0 Å². The fraction of sp³-hybridized carbons (Fsp3) is 0.278. The van der Waals surface area contributed by atoms with Crippen LogP contribution in [0, 0.1) is 12.7 Å². The fourth-order valence-electron chi connectivity index (χ4n) is 3.01. The van der Waals surface area contributed by atoms with Crippen LogP contribution in [0.5, 0.6) is 0 Å². The molecule has 1 aliphatic rings.